The minimum Gasteiger partial charge on any atom is -0.494 e. The lowest BCUT2D eigenvalue weighted by molar-refractivity contribution is 0.101. The molecular weight excluding hydrogens is 376 g/mol. The SMILES string of the molecule is CCOc1ccccc1CN1CCN(S(=O)(=O)c2ccc(C(C)=O)cc2)CC1. The molecular formula is C21H26N2O4S. The average molecular weight is 403 g/mol. The number of nitrogens with zero attached hydrogens (tertiary/aromatic N) is 2. The van der Waals surface area contributed by atoms with Crippen LogP contribution in [0.4, 0.5) is 0 Å². The predicted molar refractivity (Wildman–Crippen MR) is 108 cm³/mol. The summed E-state index contributed by atoms with van der Waals surface area (Å²) in [5, 5.41) is 0. The fourth-order valence-corrected chi connectivity index (χ4v) is 4.73. The maximum atomic E-state index is 12.9. The molecule has 3 rings (SSSR count). The quantitative estimate of drug-likeness (QED) is 0.666. The molecule has 0 radical (unpaired) electrons. The highest BCUT2D eigenvalue weighted by Crippen LogP contribution is 2.22. The minimum absolute atomic E-state index is 0.0788. The molecule has 1 fully saturated rings. The maximum Gasteiger partial charge on any atom is 0.243 e. The Kier molecular flexibility index (Phi) is 6.49. The molecule has 1 aliphatic heterocycles. The van der Waals surface area contributed by atoms with E-state index in [0.717, 1.165) is 17.9 Å². The maximum absolute atomic E-state index is 12.9. The molecule has 1 heterocycles. The Hall–Kier alpha value is -2.22. The predicted octanol–water partition coefficient (Wildman–Crippen LogP) is 2.79. The second kappa shape index (κ2) is 8.86. The summed E-state index contributed by atoms with van der Waals surface area (Å²) < 4.78 is 32.9. The molecule has 7 heteroatoms. The lowest BCUT2D eigenvalue weighted by atomic mass is 10.2. The van der Waals surface area contributed by atoms with Crippen molar-refractivity contribution in [3.05, 3.63) is 59.7 Å². The summed E-state index contributed by atoms with van der Waals surface area (Å²) in [4.78, 5) is 13.9. The molecule has 0 N–H and O–H groups in total. The molecule has 150 valence electrons. The third-order valence-electron chi connectivity index (χ3n) is 4.90. The Labute approximate surface area is 166 Å². The van der Waals surface area contributed by atoms with E-state index in [1.54, 1.807) is 12.1 Å². The van der Waals surface area contributed by atoms with Crippen LogP contribution in [0, 0.1) is 0 Å². The highest BCUT2D eigenvalue weighted by Gasteiger charge is 2.28. The van der Waals surface area contributed by atoms with E-state index in [2.05, 4.69) is 4.90 Å². The number of benzene rings is 2. The van der Waals surface area contributed by atoms with E-state index in [0.29, 0.717) is 38.3 Å². The van der Waals surface area contributed by atoms with Gasteiger partial charge < -0.3 is 4.74 Å². The first-order chi connectivity index (χ1) is 13.4. The largest absolute Gasteiger partial charge is 0.494 e. The molecule has 0 atom stereocenters. The Morgan fingerprint density at radius 2 is 1.64 bits per heavy atom. The molecule has 0 unspecified atom stereocenters. The zero-order valence-corrected chi connectivity index (χ0v) is 17.1. The van der Waals surface area contributed by atoms with Gasteiger partial charge in [-0.1, -0.05) is 30.3 Å². The monoisotopic (exact) mass is 402 g/mol. The van der Waals surface area contributed by atoms with E-state index in [1.807, 2.05) is 31.2 Å². The number of hydrogen-bond donors (Lipinski definition) is 0. The number of hydrogen-bond acceptors (Lipinski definition) is 5. The van der Waals surface area contributed by atoms with Crippen molar-refractivity contribution in [3.8, 4) is 5.75 Å². The Balaban J connectivity index is 1.64. The summed E-state index contributed by atoms with van der Waals surface area (Å²) in [5.41, 5.74) is 1.62. The van der Waals surface area contributed by atoms with Gasteiger partial charge in [-0.2, -0.15) is 4.31 Å². The number of rotatable bonds is 7. The third kappa shape index (κ3) is 4.60. The molecule has 6 nitrogen and oxygen atoms in total. The summed E-state index contributed by atoms with van der Waals surface area (Å²) in [7, 11) is -3.55. The number of Topliss-reactive ketones (excluding diaryl/α,β-unsaturated/α-hetero) is 1. The number of ether oxygens (including phenoxy) is 1. The van der Waals surface area contributed by atoms with Crippen LogP contribution < -0.4 is 4.74 Å². The molecule has 2 aromatic carbocycles. The lowest BCUT2D eigenvalue weighted by Gasteiger charge is -2.34. The average Bonchev–Trinajstić information content (AvgIpc) is 2.70. The molecule has 1 aliphatic rings. The number of carbonyl (C=O) groups is 1. The van der Waals surface area contributed by atoms with Crippen LogP contribution in [0.25, 0.3) is 0 Å². The van der Waals surface area contributed by atoms with Crippen LogP contribution in [0.5, 0.6) is 5.75 Å². The van der Waals surface area contributed by atoms with Crippen LogP contribution >= 0.6 is 0 Å². The number of sulfonamides is 1. The summed E-state index contributed by atoms with van der Waals surface area (Å²) in [6.45, 7) is 6.97. The van der Waals surface area contributed by atoms with Gasteiger partial charge in [0.25, 0.3) is 0 Å². The second-order valence-electron chi connectivity index (χ2n) is 6.80. The molecule has 0 amide bonds. The van der Waals surface area contributed by atoms with Gasteiger partial charge in [0.1, 0.15) is 5.75 Å². The van der Waals surface area contributed by atoms with E-state index >= 15 is 0 Å². The zero-order valence-electron chi connectivity index (χ0n) is 16.3. The number of ketones is 1. The first kappa shape index (κ1) is 20.5. The van der Waals surface area contributed by atoms with Gasteiger partial charge in [0.15, 0.2) is 5.78 Å². The van der Waals surface area contributed by atoms with Gasteiger partial charge in [-0.25, -0.2) is 8.42 Å². The highest BCUT2D eigenvalue weighted by atomic mass is 32.2. The fourth-order valence-electron chi connectivity index (χ4n) is 3.31. The van der Waals surface area contributed by atoms with Gasteiger partial charge in [-0.3, -0.25) is 9.69 Å². The summed E-state index contributed by atoms with van der Waals surface area (Å²) in [5.74, 6) is 0.801. The summed E-state index contributed by atoms with van der Waals surface area (Å²) in [6, 6.07) is 14.1. The van der Waals surface area contributed by atoms with Crippen molar-refractivity contribution < 1.29 is 17.9 Å². The van der Waals surface area contributed by atoms with Crippen molar-refractivity contribution in [1.29, 1.82) is 0 Å². The van der Waals surface area contributed by atoms with Crippen molar-refractivity contribution >= 4 is 15.8 Å². The second-order valence-corrected chi connectivity index (χ2v) is 8.74. The van der Waals surface area contributed by atoms with Crippen molar-refractivity contribution in [2.45, 2.75) is 25.3 Å². The van der Waals surface area contributed by atoms with Gasteiger partial charge in [0.05, 0.1) is 11.5 Å². The van der Waals surface area contributed by atoms with Gasteiger partial charge in [0.2, 0.25) is 10.0 Å². The Bertz CT molecular complexity index is 918. The molecule has 2 aromatic rings. The van der Waals surface area contributed by atoms with Crippen molar-refractivity contribution in [1.82, 2.24) is 9.21 Å². The van der Waals surface area contributed by atoms with Crippen LogP contribution in [-0.4, -0.2) is 56.2 Å². The summed E-state index contributed by atoms with van der Waals surface area (Å²) in [6.07, 6.45) is 0. The highest BCUT2D eigenvalue weighted by molar-refractivity contribution is 7.89. The van der Waals surface area contributed by atoms with Gasteiger partial charge >= 0.3 is 0 Å². The fraction of sp³-hybridized carbons (Fsp3) is 0.381. The first-order valence-electron chi connectivity index (χ1n) is 9.46. The van der Waals surface area contributed by atoms with E-state index < -0.39 is 10.0 Å². The standard InChI is InChI=1S/C21H26N2O4S/c1-3-27-21-7-5-4-6-19(21)16-22-12-14-23(15-13-22)28(25,26)20-10-8-18(9-11-20)17(2)24/h4-11H,3,12-16H2,1-2H3. The molecule has 0 bridgehead atoms. The Morgan fingerprint density at radius 1 is 1.00 bits per heavy atom. The van der Waals surface area contributed by atoms with Crippen molar-refractivity contribution in [2.24, 2.45) is 0 Å². The molecule has 0 saturated carbocycles. The minimum atomic E-state index is -3.55. The third-order valence-corrected chi connectivity index (χ3v) is 6.81. The topological polar surface area (TPSA) is 66.9 Å². The molecule has 0 aromatic heterocycles. The van der Waals surface area contributed by atoms with Gasteiger partial charge in [0, 0.05) is 43.9 Å². The van der Waals surface area contributed by atoms with Crippen molar-refractivity contribution in [3.63, 3.8) is 0 Å². The zero-order chi connectivity index (χ0) is 20.1. The van der Waals surface area contributed by atoms with Crippen LogP contribution in [0.2, 0.25) is 0 Å². The number of carbonyl (C=O) groups excluding carboxylic acids is 1. The van der Waals surface area contributed by atoms with E-state index in [-0.39, 0.29) is 10.7 Å². The van der Waals surface area contributed by atoms with Crippen LogP contribution in [-0.2, 0) is 16.6 Å². The van der Waals surface area contributed by atoms with Crippen LogP contribution in [0.3, 0.4) is 0 Å². The Morgan fingerprint density at radius 3 is 2.25 bits per heavy atom. The van der Waals surface area contributed by atoms with Gasteiger partial charge in [-0.05, 0) is 32.0 Å². The van der Waals surface area contributed by atoms with E-state index in [9.17, 15) is 13.2 Å². The molecule has 1 saturated heterocycles. The van der Waals surface area contributed by atoms with Crippen LogP contribution in [0.15, 0.2) is 53.4 Å². The normalized spacial score (nSPS) is 16.1. The van der Waals surface area contributed by atoms with Crippen LogP contribution in [0.1, 0.15) is 29.8 Å². The van der Waals surface area contributed by atoms with E-state index in [1.165, 1.54) is 23.4 Å². The van der Waals surface area contributed by atoms with E-state index in [4.69, 9.17) is 4.74 Å². The van der Waals surface area contributed by atoms with Crippen molar-refractivity contribution in [2.75, 3.05) is 32.8 Å². The smallest absolute Gasteiger partial charge is 0.243 e. The van der Waals surface area contributed by atoms with Gasteiger partial charge in [-0.15, -0.1) is 0 Å². The molecule has 0 spiro atoms. The molecule has 0 aliphatic carbocycles. The molecule has 28 heavy (non-hydrogen) atoms. The first-order valence-corrected chi connectivity index (χ1v) is 10.9. The number of para-hydroxylation sites is 1. The lowest BCUT2D eigenvalue weighted by Crippen LogP contribution is -2.48. The number of piperazine rings is 1. The summed E-state index contributed by atoms with van der Waals surface area (Å²) >= 11 is 0.